The fraction of sp³-hybridized carbons (Fsp3) is 0.158. The molecule has 1 amide bonds. The van der Waals surface area contributed by atoms with Crippen molar-refractivity contribution in [2.45, 2.75) is 13.0 Å². The molecular formula is C19H12Cl4N2O2. The summed E-state index contributed by atoms with van der Waals surface area (Å²) >= 11 is 24.4. The number of carbonyl (C=O) groups excluding carboxylic acids is 1. The molecule has 0 fully saturated rings. The largest absolute Gasteiger partial charge is 0.356 e. The summed E-state index contributed by atoms with van der Waals surface area (Å²) in [5.41, 5.74) is 2.76. The fourth-order valence-electron chi connectivity index (χ4n) is 3.10. The standard InChI is InChI=1S/C19H12Cl4N2O2/c20-11-3-1-10(2-4-11)18-12-9-25(8-7-15(12)24-27-18)19(26)16-13(21)5-6-14(22)17(16)23/h1-6H,7-9H2. The predicted molar refractivity (Wildman–Crippen MR) is 107 cm³/mol. The van der Waals surface area contributed by atoms with E-state index in [-0.39, 0.29) is 26.5 Å². The summed E-state index contributed by atoms with van der Waals surface area (Å²) < 4.78 is 5.54. The minimum atomic E-state index is -0.276. The average molecular weight is 442 g/mol. The van der Waals surface area contributed by atoms with Crippen molar-refractivity contribution in [1.29, 1.82) is 0 Å². The molecule has 0 N–H and O–H groups in total. The van der Waals surface area contributed by atoms with Gasteiger partial charge in [0.25, 0.3) is 5.91 Å². The number of hydrogen-bond acceptors (Lipinski definition) is 3. The highest BCUT2D eigenvalue weighted by Gasteiger charge is 2.30. The number of benzene rings is 2. The van der Waals surface area contributed by atoms with Crippen LogP contribution < -0.4 is 0 Å². The van der Waals surface area contributed by atoms with Crippen molar-refractivity contribution in [1.82, 2.24) is 10.1 Å². The first-order valence-electron chi connectivity index (χ1n) is 8.12. The minimum Gasteiger partial charge on any atom is -0.356 e. The Morgan fingerprint density at radius 2 is 1.70 bits per heavy atom. The summed E-state index contributed by atoms with van der Waals surface area (Å²) in [6.45, 7) is 0.826. The van der Waals surface area contributed by atoms with Crippen LogP contribution in [0.25, 0.3) is 11.3 Å². The lowest BCUT2D eigenvalue weighted by Gasteiger charge is -2.27. The molecule has 4 rings (SSSR count). The van der Waals surface area contributed by atoms with E-state index in [1.807, 2.05) is 12.1 Å². The van der Waals surface area contributed by atoms with E-state index >= 15 is 0 Å². The van der Waals surface area contributed by atoms with Crippen LogP contribution in [0.2, 0.25) is 20.1 Å². The van der Waals surface area contributed by atoms with Crippen LogP contribution in [0, 0.1) is 0 Å². The van der Waals surface area contributed by atoms with Gasteiger partial charge in [0.1, 0.15) is 0 Å². The lowest BCUT2D eigenvalue weighted by molar-refractivity contribution is 0.0735. The highest BCUT2D eigenvalue weighted by molar-refractivity contribution is 6.46. The summed E-state index contributed by atoms with van der Waals surface area (Å²) in [6, 6.07) is 10.4. The molecule has 0 spiro atoms. The summed E-state index contributed by atoms with van der Waals surface area (Å²) in [6.07, 6.45) is 0.577. The number of rotatable bonds is 2. The Bertz CT molecular complexity index is 1030. The maximum absolute atomic E-state index is 13.0. The summed E-state index contributed by atoms with van der Waals surface area (Å²) in [5.74, 6) is 0.351. The Hall–Kier alpha value is -1.72. The van der Waals surface area contributed by atoms with Gasteiger partial charge in [-0.05, 0) is 36.4 Å². The second-order valence-electron chi connectivity index (χ2n) is 6.14. The molecule has 1 aliphatic rings. The van der Waals surface area contributed by atoms with Gasteiger partial charge in [-0.2, -0.15) is 0 Å². The molecule has 0 saturated carbocycles. The molecule has 1 aliphatic heterocycles. The SMILES string of the molecule is O=C(c1c(Cl)ccc(Cl)c1Cl)N1CCc2noc(-c3ccc(Cl)cc3)c2C1. The maximum atomic E-state index is 13.0. The van der Waals surface area contributed by atoms with E-state index < -0.39 is 0 Å². The number of fused-ring (bicyclic) bond motifs is 1. The van der Waals surface area contributed by atoms with Crippen LogP contribution in [-0.4, -0.2) is 22.5 Å². The van der Waals surface area contributed by atoms with Crippen LogP contribution in [-0.2, 0) is 13.0 Å². The number of hydrogen-bond donors (Lipinski definition) is 0. The Kier molecular flexibility index (Phi) is 5.08. The first kappa shape index (κ1) is 18.6. The first-order chi connectivity index (χ1) is 13.0. The van der Waals surface area contributed by atoms with E-state index in [0.717, 1.165) is 16.8 Å². The number of amides is 1. The minimum absolute atomic E-state index is 0.156. The quantitative estimate of drug-likeness (QED) is 0.447. The van der Waals surface area contributed by atoms with Gasteiger partial charge in [0.2, 0.25) is 0 Å². The molecule has 0 bridgehead atoms. The smallest absolute Gasteiger partial charge is 0.257 e. The molecule has 138 valence electrons. The van der Waals surface area contributed by atoms with Crippen molar-refractivity contribution >= 4 is 52.3 Å². The highest BCUT2D eigenvalue weighted by Crippen LogP contribution is 2.35. The van der Waals surface area contributed by atoms with Gasteiger partial charge in [0.05, 0.1) is 32.9 Å². The summed E-state index contributed by atoms with van der Waals surface area (Å²) in [5, 5.41) is 5.49. The Balaban J connectivity index is 1.68. The molecule has 8 heteroatoms. The topological polar surface area (TPSA) is 46.3 Å². The third-order valence-electron chi connectivity index (χ3n) is 4.49. The van der Waals surface area contributed by atoms with Crippen molar-refractivity contribution in [3.05, 3.63) is 73.3 Å². The third kappa shape index (κ3) is 3.43. The van der Waals surface area contributed by atoms with Crippen LogP contribution in [0.3, 0.4) is 0 Å². The predicted octanol–water partition coefficient (Wildman–Crippen LogP) is 6.15. The third-order valence-corrected chi connectivity index (χ3v) is 5.86. The van der Waals surface area contributed by atoms with Gasteiger partial charge >= 0.3 is 0 Å². The fourth-order valence-corrected chi connectivity index (χ4v) is 3.91. The van der Waals surface area contributed by atoms with E-state index in [1.165, 1.54) is 0 Å². The molecule has 4 nitrogen and oxygen atoms in total. The normalized spacial score (nSPS) is 13.6. The average Bonchev–Trinajstić information content (AvgIpc) is 3.09. The van der Waals surface area contributed by atoms with Gasteiger partial charge in [-0.25, -0.2) is 0 Å². The Labute approximate surface area is 175 Å². The lowest BCUT2D eigenvalue weighted by Crippen LogP contribution is -2.36. The molecule has 2 aromatic carbocycles. The summed E-state index contributed by atoms with van der Waals surface area (Å²) in [4.78, 5) is 14.7. The molecule has 0 aliphatic carbocycles. The highest BCUT2D eigenvalue weighted by atomic mass is 35.5. The van der Waals surface area contributed by atoms with Gasteiger partial charge in [0, 0.05) is 29.1 Å². The monoisotopic (exact) mass is 440 g/mol. The van der Waals surface area contributed by atoms with E-state index in [4.69, 9.17) is 50.9 Å². The zero-order chi connectivity index (χ0) is 19.1. The number of aromatic nitrogens is 1. The molecular weight excluding hydrogens is 430 g/mol. The second kappa shape index (κ2) is 7.36. The molecule has 2 heterocycles. The number of nitrogens with zero attached hydrogens (tertiary/aromatic N) is 2. The van der Waals surface area contributed by atoms with Gasteiger partial charge in [0.15, 0.2) is 5.76 Å². The van der Waals surface area contributed by atoms with Gasteiger partial charge in [-0.15, -0.1) is 0 Å². The van der Waals surface area contributed by atoms with Crippen molar-refractivity contribution in [2.24, 2.45) is 0 Å². The van der Waals surface area contributed by atoms with Crippen molar-refractivity contribution in [2.75, 3.05) is 6.54 Å². The van der Waals surface area contributed by atoms with Crippen LogP contribution >= 0.6 is 46.4 Å². The van der Waals surface area contributed by atoms with Crippen molar-refractivity contribution < 1.29 is 9.32 Å². The van der Waals surface area contributed by atoms with E-state index in [9.17, 15) is 4.79 Å². The molecule has 0 unspecified atom stereocenters. The molecule has 0 atom stereocenters. The first-order valence-corrected chi connectivity index (χ1v) is 9.63. The van der Waals surface area contributed by atoms with Crippen LogP contribution in [0.5, 0.6) is 0 Å². The molecule has 1 aromatic heterocycles. The van der Waals surface area contributed by atoms with Crippen molar-refractivity contribution in [3.63, 3.8) is 0 Å². The summed E-state index contributed by atoms with van der Waals surface area (Å²) in [7, 11) is 0. The van der Waals surface area contributed by atoms with Gasteiger partial charge in [-0.1, -0.05) is 51.6 Å². The molecule has 0 saturated heterocycles. The van der Waals surface area contributed by atoms with Crippen LogP contribution in [0.4, 0.5) is 0 Å². The van der Waals surface area contributed by atoms with E-state index in [0.29, 0.717) is 30.3 Å². The molecule has 3 aromatic rings. The van der Waals surface area contributed by atoms with Crippen LogP contribution in [0.15, 0.2) is 40.9 Å². The van der Waals surface area contributed by atoms with E-state index in [2.05, 4.69) is 5.16 Å². The zero-order valence-corrected chi connectivity index (χ0v) is 16.8. The second-order valence-corrected chi connectivity index (χ2v) is 7.77. The van der Waals surface area contributed by atoms with Gasteiger partial charge < -0.3 is 9.42 Å². The van der Waals surface area contributed by atoms with Gasteiger partial charge in [-0.3, -0.25) is 4.79 Å². The molecule has 0 radical (unpaired) electrons. The van der Waals surface area contributed by atoms with Crippen molar-refractivity contribution in [3.8, 4) is 11.3 Å². The van der Waals surface area contributed by atoms with Crippen LogP contribution in [0.1, 0.15) is 21.6 Å². The lowest BCUT2D eigenvalue weighted by atomic mass is 10.0. The van der Waals surface area contributed by atoms with E-state index in [1.54, 1.807) is 29.2 Å². The number of halogens is 4. The Morgan fingerprint density at radius 3 is 2.44 bits per heavy atom. The number of carbonyl (C=O) groups is 1. The maximum Gasteiger partial charge on any atom is 0.257 e. The Morgan fingerprint density at radius 1 is 1.00 bits per heavy atom. The molecule has 27 heavy (non-hydrogen) atoms. The zero-order valence-electron chi connectivity index (χ0n) is 13.8.